The van der Waals surface area contributed by atoms with E-state index in [2.05, 4.69) is 5.32 Å². The quantitative estimate of drug-likeness (QED) is 0.812. The van der Waals surface area contributed by atoms with Crippen molar-refractivity contribution < 1.29 is 19.1 Å². The van der Waals surface area contributed by atoms with Gasteiger partial charge >= 0.3 is 6.09 Å². The van der Waals surface area contributed by atoms with E-state index < -0.39 is 24.1 Å². The lowest BCUT2D eigenvalue weighted by atomic mass is 10.0. The lowest BCUT2D eigenvalue weighted by Gasteiger charge is -2.26. The van der Waals surface area contributed by atoms with Gasteiger partial charge in [-0.1, -0.05) is 44.2 Å². The van der Waals surface area contributed by atoms with Crippen molar-refractivity contribution in [2.75, 3.05) is 6.54 Å². The van der Waals surface area contributed by atoms with E-state index in [0.717, 1.165) is 5.56 Å². The standard InChI is InChI=1S/C18H25N3O4/c1-12(2)15(16(19)22)20-17(23)14-9-6-10-21(14)18(24)25-11-13-7-4-3-5-8-13/h3-5,7-8,12,14-15H,6,9-11H2,1-2H3,(H2,19,22)(H,20,23)/t14-,15-/m1/s1. The number of hydrogen-bond donors (Lipinski definition) is 2. The predicted octanol–water partition coefficient (Wildman–Crippen LogP) is 1.41. The molecule has 0 radical (unpaired) electrons. The van der Waals surface area contributed by atoms with Gasteiger partial charge in [-0.25, -0.2) is 4.79 Å². The monoisotopic (exact) mass is 347 g/mol. The van der Waals surface area contributed by atoms with Gasteiger partial charge in [0.1, 0.15) is 18.7 Å². The molecule has 0 spiro atoms. The second-order valence-corrected chi connectivity index (χ2v) is 6.52. The zero-order chi connectivity index (χ0) is 18.4. The Morgan fingerprint density at radius 2 is 1.96 bits per heavy atom. The summed E-state index contributed by atoms with van der Waals surface area (Å²) in [5.74, 6) is -1.08. The van der Waals surface area contributed by atoms with Crippen LogP contribution < -0.4 is 11.1 Å². The zero-order valence-corrected chi connectivity index (χ0v) is 14.6. The molecule has 3 amide bonds. The van der Waals surface area contributed by atoms with E-state index in [9.17, 15) is 14.4 Å². The Balaban J connectivity index is 1.95. The molecular formula is C18H25N3O4. The van der Waals surface area contributed by atoms with Gasteiger partial charge in [0.2, 0.25) is 11.8 Å². The summed E-state index contributed by atoms with van der Waals surface area (Å²) in [6, 6.07) is 7.95. The number of benzene rings is 1. The van der Waals surface area contributed by atoms with Gasteiger partial charge in [0, 0.05) is 6.54 Å². The molecule has 7 nitrogen and oxygen atoms in total. The van der Waals surface area contributed by atoms with Crippen LogP contribution in [0.3, 0.4) is 0 Å². The SMILES string of the molecule is CC(C)[C@@H](NC(=O)[C@H]1CCCN1C(=O)OCc1ccccc1)C(N)=O. The van der Waals surface area contributed by atoms with Gasteiger partial charge < -0.3 is 15.8 Å². The minimum atomic E-state index is -0.754. The van der Waals surface area contributed by atoms with Crippen molar-refractivity contribution in [2.45, 2.75) is 45.4 Å². The molecule has 1 fully saturated rings. The maximum Gasteiger partial charge on any atom is 0.410 e. The molecule has 1 saturated heterocycles. The van der Waals surface area contributed by atoms with Crippen LogP contribution in [-0.4, -0.2) is 41.4 Å². The summed E-state index contributed by atoms with van der Waals surface area (Å²) in [5, 5.41) is 2.65. The van der Waals surface area contributed by atoms with Crippen LogP contribution in [0.15, 0.2) is 30.3 Å². The number of nitrogens with one attached hydrogen (secondary N) is 1. The molecule has 25 heavy (non-hydrogen) atoms. The number of amides is 3. The van der Waals surface area contributed by atoms with Crippen molar-refractivity contribution in [1.29, 1.82) is 0 Å². The van der Waals surface area contributed by atoms with E-state index in [1.165, 1.54) is 4.90 Å². The van der Waals surface area contributed by atoms with E-state index >= 15 is 0 Å². The Bertz CT molecular complexity index is 618. The van der Waals surface area contributed by atoms with E-state index in [4.69, 9.17) is 10.5 Å². The molecule has 0 unspecified atom stereocenters. The van der Waals surface area contributed by atoms with Crippen LogP contribution >= 0.6 is 0 Å². The van der Waals surface area contributed by atoms with E-state index in [0.29, 0.717) is 19.4 Å². The van der Waals surface area contributed by atoms with Crippen LogP contribution in [0.4, 0.5) is 4.79 Å². The fourth-order valence-electron chi connectivity index (χ4n) is 2.88. The second kappa shape index (κ2) is 8.50. The first-order valence-corrected chi connectivity index (χ1v) is 8.47. The van der Waals surface area contributed by atoms with Gasteiger partial charge in [-0.3, -0.25) is 14.5 Å². The minimum absolute atomic E-state index is 0.124. The summed E-state index contributed by atoms with van der Waals surface area (Å²) in [7, 11) is 0. The first-order valence-electron chi connectivity index (χ1n) is 8.47. The zero-order valence-electron chi connectivity index (χ0n) is 14.6. The number of rotatable bonds is 6. The van der Waals surface area contributed by atoms with Crippen LogP contribution in [0, 0.1) is 5.92 Å². The molecule has 0 aromatic heterocycles. The van der Waals surface area contributed by atoms with Crippen molar-refractivity contribution in [1.82, 2.24) is 10.2 Å². The molecular weight excluding hydrogens is 322 g/mol. The van der Waals surface area contributed by atoms with Crippen LogP contribution in [0.5, 0.6) is 0 Å². The molecule has 2 rings (SSSR count). The number of primary amides is 1. The summed E-state index contributed by atoms with van der Waals surface area (Å²) in [4.78, 5) is 37.7. The summed E-state index contributed by atoms with van der Waals surface area (Å²) in [5.41, 5.74) is 6.21. The Hall–Kier alpha value is -2.57. The molecule has 2 atom stereocenters. The molecule has 1 aromatic rings. The largest absolute Gasteiger partial charge is 0.445 e. The smallest absolute Gasteiger partial charge is 0.410 e. The maximum atomic E-state index is 12.5. The molecule has 3 N–H and O–H groups in total. The number of hydrogen-bond acceptors (Lipinski definition) is 4. The molecule has 1 aliphatic heterocycles. The van der Waals surface area contributed by atoms with Gasteiger partial charge in [-0.15, -0.1) is 0 Å². The second-order valence-electron chi connectivity index (χ2n) is 6.52. The van der Waals surface area contributed by atoms with Crippen LogP contribution in [0.1, 0.15) is 32.3 Å². The molecule has 1 aromatic carbocycles. The Morgan fingerprint density at radius 3 is 2.56 bits per heavy atom. The number of nitrogens with two attached hydrogens (primary N) is 1. The van der Waals surface area contributed by atoms with Crippen LogP contribution in [-0.2, 0) is 20.9 Å². The number of likely N-dealkylation sites (tertiary alicyclic amines) is 1. The molecule has 136 valence electrons. The lowest BCUT2D eigenvalue weighted by molar-refractivity contribution is -0.130. The first-order chi connectivity index (χ1) is 11.9. The van der Waals surface area contributed by atoms with Gasteiger partial charge in [-0.05, 0) is 24.3 Å². The summed E-state index contributed by atoms with van der Waals surface area (Å²) in [6.07, 6.45) is 0.721. The third kappa shape index (κ3) is 4.95. The number of carbonyl (C=O) groups is 3. The molecule has 1 aliphatic rings. The van der Waals surface area contributed by atoms with Crippen LogP contribution in [0.2, 0.25) is 0 Å². The maximum absolute atomic E-state index is 12.5. The number of carbonyl (C=O) groups excluding carboxylic acids is 3. The predicted molar refractivity (Wildman–Crippen MR) is 92.3 cm³/mol. The third-order valence-electron chi connectivity index (χ3n) is 4.27. The highest BCUT2D eigenvalue weighted by atomic mass is 16.6. The molecule has 0 saturated carbocycles. The average molecular weight is 347 g/mol. The van der Waals surface area contributed by atoms with E-state index in [1.807, 2.05) is 30.3 Å². The Labute approximate surface area is 147 Å². The van der Waals surface area contributed by atoms with Gasteiger partial charge in [0.15, 0.2) is 0 Å². The number of ether oxygens (including phenoxy) is 1. The lowest BCUT2D eigenvalue weighted by Crippen LogP contribution is -2.54. The van der Waals surface area contributed by atoms with Crippen LogP contribution in [0.25, 0.3) is 0 Å². The fraction of sp³-hybridized carbons (Fsp3) is 0.500. The van der Waals surface area contributed by atoms with Crippen molar-refractivity contribution >= 4 is 17.9 Å². The Morgan fingerprint density at radius 1 is 1.28 bits per heavy atom. The Kier molecular flexibility index (Phi) is 6.38. The first kappa shape index (κ1) is 18.8. The topological polar surface area (TPSA) is 102 Å². The summed E-state index contributed by atoms with van der Waals surface area (Å²) < 4.78 is 5.31. The van der Waals surface area contributed by atoms with Crippen molar-refractivity contribution in [3.63, 3.8) is 0 Å². The minimum Gasteiger partial charge on any atom is -0.445 e. The highest BCUT2D eigenvalue weighted by molar-refractivity contribution is 5.91. The normalized spacial score (nSPS) is 18.0. The van der Waals surface area contributed by atoms with Crippen molar-refractivity contribution in [3.8, 4) is 0 Å². The van der Waals surface area contributed by atoms with E-state index in [1.54, 1.807) is 13.8 Å². The third-order valence-corrected chi connectivity index (χ3v) is 4.27. The highest BCUT2D eigenvalue weighted by Gasteiger charge is 2.36. The fourth-order valence-corrected chi connectivity index (χ4v) is 2.88. The van der Waals surface area contributed by atoms with E-state index in [-0.39, 0.29) is 18.4 Å². The van der Waals surface area contributed by atoms with Gasteiger partial charge in [0.25, 0.3) is 0 Å². The summed E-state index contributed by atoms with van der Waals surface area (Å²) in [6.45, 7) is 4.21. The average Bonchev–Trinajstić information content (AvgIpc) is 3.07. The van der Waals surface area contributed by atoms with Gasteiger partial charge in [0.05, 0.1) is 0 Å². The number of nitrogens with zero attached hydrogens (tertiary/aromatic N) is 1. The highest BCUT2D eigenvalue weighted by Crippen LogP contribution is 2.19. The van der Waals surface area contributed by atoms with Crippen molar-refractivity contribution in [2.24, 2.45) is 11.7 Å². The molecule has 0 bridgehead atoms. The molecule has 0 aliphatic carbocycles. The summed E-state index contributed by atoms with van der Waals surface area (Å²) >= 11 is 0. The van der Waals surface area contributed by atoms with Crippen molar-refractivity contribution in [3.05, 3.63) is 35.9 Å². The molecule has 1 heterocycles. The molecule has 7 heteroatoms. The van der Waals surface area contributed by atoms with Gasteiger partial charge in [-0.2, -0.15) is 0 Å².